The molecule has 5 nitrogen and oxygen atoms in total. The lowest BCUT2D eigenvalue weighted by Crippen LogP contribution is -2.37. The van der Waals surface area contributed by atoms with Gasteiger partial charge in [-0.1, -0.05) is 30.3 Å². The van der Waals surface area contributed by atoms with Gasteiger partial charge >= 0.3 is 6.09 Å². The highest BCUT2D eigenvalue weighted by Gasteiger charge is 2.35. The predicted molar refractivity (Wildman–Crippen MR) is 106 cm³/mol. The van der Waals surface area contributed by atoms with Gasteiger partial charge in [-0.15, -0.1) is 0 Å². The number of ether oxygens (including phenoxy) is 2. The van der Waals surface area contributed by atoms with Gasteiger partial charge in [0.1, 0.15) is 18.0 Å². The predicted octanol–water partition coefficient (Wildman–Crippen LogP) is 4.75. The number of hydrogen-bond donors (Lipinski definition) is 1. The molecule has 0 heterocycles. The Kier molecular flexibility index (Phi) is 5.59. The van der Waals surface area contributed by atoms with Crippen LogP contribution in [-0.4, -0.2) is 22.6 Å². The zero-order chi connectivity index (χ0) is 19.4. The Labute approximate surface area is 161 Å². The highest BCUT2D eigenvalue weighted by molar-refractivity contribution is 5.69. The van der Waals surface area contributed by atoms with E-state index in [-0.39, 0.29) is 12.1 Å². The molecule has 1 amide bonds. The topological polar surface area (TPSA) is 64.8 Å². The second-order valence-corrected chi connectivity index (χ2v) is 7.98. The van der Waals surface area contributed by atoms with Crippen LogP contribution in [0.4, 0.5) is 10.5 Å². The third-order valence-corrected chi connectivity index (χ3v) is 4.28. The van der Waals surface area contributed by atoms with Crippen molar-refractivity contribution in [2.75, 3.05) is 5.73 Å². The van der Waals surface area contributed by atoms with Crippen LogP contribution < -0.4 is 10.5 Å². The van der Waals surface area contributed by atoms with E-state index in [4.69, 9.17) is 15.2 Å². The minimum absolute atomic E-state index is 0.225. The number of hydrogen-bond acceptors (Lipinski definition) is 4. The van der Waals surface area contributed by atoms with E-state index < -0.39 is 5.60 Å². The van der Waals surface area contributed by atoms with Crippen LogP contribution in [-0.2, 0) is 17.9 Å². The van der Waals surface area contributed by atoms with Crippen molar-refractivity contribution in [1.29, 1.82) is 0 Å². The van der Waals surface area contributed by atoms with Crippen LogP contribution in [0.15, 0.2) is 48.5 Å². The Morgan fingerprint density at radius 1 is 1.15 bits per heavy atom. The van der Waals surface area contributed by atoms with Gasteiger partial charge in [0.25, 0.3) is 0 Å². The zero-order valence-corrected chi connectivity index (χ0v) is 16.3. The summed E-state index contributed by atoms with van der Waals surface area (Å²) in [4.78, 5) is 14.4. The number of anilines is 1. The van der Waals surface area contributed by atoms with E-state index in [1.54, 1.807) is 4.90 Å². The van der Waals surface area contributed by atoms with Crippen LogP contribution in [0.5, 0.6) is 5.75 Å². The third-order valence-electron chi connectivity index (χ3n) is 4.28. The fourth-order valence-corrected chi connectivity index (χ4v) is 2.83. The second-order valence-electron chi connectivity index (χ2n) is 7.98. The first kappa shape index (κ1) is 19.1. The number of benzene rings is 2. The van der Waals surface area contributed by atoms with Crippen molar-refractivity contribution in [3.8, 4) is 5.75 Å². The van der Waals surface area contributed by atoms with E-state index in [1.807, 2.05) is 69.3 Å². The minimum atomic E-state index is -0.521. The number of nitrogens with two attached hydrogens (primary N) is 1. The minimum Gasteiger partial charge on any atom is -0.489 e. The Hall–Kier alpha value is -2.69. The van der Waals surface area contributed by atoms with Crippen molar-refractivity contribution < 1.29 is 14.3 Å². The van der Waals surface area contributed by atoms with Gasteiger partial charge in [-0.2, -0.15) is 0 Å². The standard InChI is InChI=1S/C22H28N2O3/c1-22(2,3)27-21(25)24(19-10-11-19)14-17-13-18(23)9-12-20(17)26-15-16-7-5-4-6-8-16/h4-9,12-13,19H,10-11,14-15,23H2,1-3H3. The lowest BCUT2D eigenvalue weighted by Gasteiger charge is -2.28. The summed E-state index contributed by atoms with van der Waals surface area (Å²) >= 11 is 0. The molecule has 2 N–H and O–H groups in total. The summed E-state index contributed by atoms with van der Waals surface area (Å²) in [6, 6.07) is 15.8. The van der Waals surface area contributed by atoms with E-state index in [2.05, 4.69) is 0 Å². The number of rotatable bonds is 6. The van der Waals surface area contributed by atoms with Crippen molar-refractivity contribution in [2.24, 2.45) is 0 Å². The van der Waals surface area contributed by atoms with Crippen molar-refractivity contribution in [1.82, 2.24) is 4.90 Å². The lowest BCUT2D eigenvalue weighted by atomic mass is 10.1. The van der Waals surface area contributed by atoms with Crippen molar-refractivity contribution in [3.63, 3.8) is 0 Å². The van der Waals surface area contributed by atoms with Crippen molar-refractivity contribution in [3.05, 3.63) is 59.7 Å². The molecule has 1 fully saturated rings. The fourth-order valence-electron chi connectivity index (χ4n) is 2.83. The van der Waals surface area contributed by atoms with Crippen LogP contribution in [0.3, 0.4) is 0 Å². The summed E-state index contributed by atoms with van der Waals surface area (Å²) in [6.45, 7) is 6.53. The maximum absolute atomic E-state index is 12.7. The Bertz CT molecular complexity index is 780. The largest absolute Gasteiger partial charge is 0.489 e. The molecule has 0 radical (unpaired) electrons. The number of nitrogen functional groups attached to an aromatic ring is 1. The molecule has 1 saturated carbocycles. The van der Waals surface area contributed by atoms with Crippen LogP contribution in [0.1, 0.15) is 44.7 Å². The van der Waals surface area contributed by atoms with Crippen molar-refractivity contribution in [2.45, 2.75) is 58.4 Å². The molecule has 0 bridgehead atoms. The number of nitrogens with zero attached hydrogens (tertiary/aromatic N) is 1. The first-order chi connectivity index (χ1) is 12.8. The van der Waals surface area contributed by atoms with E-state index in [9.17, 15) is 4.79 Å². The van der Waals surface area contributed by atoms with Gasteiger partial charge < -0.3 is 20.1 Å². The van der Waals surface area contributed by atoms with E-state index in [0.717, 1.165) is 29.7 Å². The van der Waals surface area contributed by atoms with Gasteiger partial charge in [-0.25, -0.2) is 4.79 Å². The number of carbonyl (C=O) groups excluding carboxylic acids is 1. The molecule has 0 saturated heterocycles. The molecular formula is C22H28N2O3. The normalized spacial score (nSPS) is 13.9. The molecule has 3 rings (SSSR count). The molecule has 144 valence electrons. The molecule has 2 aromatic rings. The van der Waals surface area contributed by atoms with Gasteiger partial charge in [0.15, 0.2) is 0 Å². The average molecular weight is 368 g/mol. The number of amides is 1. The van der Waals surface area contributed by atoms with Gasteiger partial charge in [0.05, 0.1) is 6.54 Å². The first-order valence-electron chi connectivity index (χ1n) is 9.36. The van der Waals surface area contributed by atoms with Gasteiger partial charge in [0.2, 0.25) is 0 Å². The van der Waals surface area contributed by atoms with Crippen molar-refractivity contribution >= 4 is 11.8 Å². The molecule has 0 aromatic heterocycles. The molecule has 0 unspecified atom stereocenters. The quantitative estimate of drug-likeness (QED) is 0.748. The van der Waals surface area contributed by atoms with Crippen LogP contribution in [0.25, 0.3) is 0 Å². The molecule has 1 aliphatic rings. The molecule has 0 aliphatic heterocycles. The summed E-state index contributed by atoms with van der Waals surface area (Å²) in [6.07, 6.45) is 1.71. The summed E-state index contributed by atoms with van der Waals surface area (Å²) in [5.74, 6) is 0.738. The zero-order valence-electron chi connectivity index (χ0n) is 16.3. The Morgan fingerprint density at radius 2 is 1.85 bits per heavy atom. The van der Waals surface area contributed by atoms with E-state index in [1.165, 1.54) is 0 Å². The average Bonchev–Trinajstić information content (AvgIpc) is 3.43. The van der Waals surface area contributed by atoms with Crippen LogP contribution in [0, 0.1) is 0 Å². The number of carbonyl (C=O) groups is 1. The van der Waals surface area contributed by atoms with Gasteiger partial charge in [-0.3, -0.25) is 0 Å². The van der Waals surface area contributed by atoms with Crippen LogP contribution >= 0.6 is 0 Å². The summed E-state index contributed by atoms with van der Waals surface area (Å²) in [5.41, 5.74) is 8.10. The SMILES string of the molecule is CC(C)(C)OC(=O)N(Cc1cc(N)ccc1OCc1ccccc1)C1CC1. The molecule has 27 heavy (non-hydrogen) atoms. The van der Waals surface area contributed by atoms with E-state index in [0.29, 0.717) is 18.8 Å². The van der Waals surface area contributed by atoms with Gasteiger partial charge in [0, 0.05) is 17.3 Å². The molecule has 2 aromatic carbocycles. The summed E-state index contributed by atoms with van der Waals surface area (Å²) in [7, 11) is 0. The van der Waals surface area contributed by atoms with E-state index >= 15 is 0 Å². The highest BCUT2D eigenvalue weighted by atomic mass is 16.6. The summed E-state index contributed by atoms with van der Waals surface area (Å²) < 4.78 is 11.6. The maximum Gasteiger partial charge on any atom is 0.410 e. The first-order valence-corrected chi connectivity index (χ1v) is 9.36. The fraction of sp³-hybridized carbons (Fsp3) is 0.409. The van der Waals surface area contributed by atoms with Crippen LogP contribution in [0.2, 0.25) is 0 Å². The lowest BCUT2D eigenvalue weighted by molar-refractivity contribution is 0.0215. The monoisotopic (exact) mass is 368 g/mol. The molecule has 1 aliphatic carbocycles. The molecule has 0 spiro atoms. The van der Waals surface area contributed by atoms with Gasteiger partial charge in [-0.05, 0) is 57.4 Å². The third kappa shape index (κ3) is 5.64. The molecule has 5 heteroatoms. The summed E-state index contributed by atoms with van der Waals surface area (Å²) in [5, 5.41) is 0. The smallest absolute Gasteiger partial charge is 0.410 e. The molecular weight excluding hydrogens is 340 g/mol. The highest BCUT2D eigenvalue weighted by Crippen LogP contribution is 2.32. The Morgan fingerprint density at radius 3 is 2.48 bits per heavy atom. The molecule has 0 atom stereocenters. The maximum atomic E-state index is 12.7. The Balaban J connectivity index is 1.75. The second kappa shape index (κ2) is 7.91.